The number of benzene rings is 1. The lowest BCUT2D eigenvalue weighted by Gasteiger charge is -2.47. The molecule has 2 rings (SSSR count). The highest BCUT2D eigenvalue weighted by molar-refractivity contribution is 6.33. The van der Waals surface area contributed by atoms with Gasteiger partial charge in [0.15, 0.2) is 0 Å². The van der Waals surface area contributed by atoms with E-state index in [9.17, 15) is 0 Å². The van der Waals surface area contributed by atoms with E-state index in [1.54, 1.807) is 0 Å². The second kappa shape index (κ2) is 5.10. The smallest absolute Gasteiger partial charge is 0.0639 e. The van der Waals surface area contributed by atoms with Crippen LogP contribution in [0.3, 0.4) is 0 Å². The van der Waals surface area contributed by atoms with Crippen LogP contribution in [0.1, 0.15) is 27.7 Å². The van der Waals surface area contributed by atoms with Crippen molar-refractivity contribution in [1.29, 1.82) is 0 Å². The van der Waals surface area contributed by atoms with Crippen molar-refractivity contribution in [2.24, 2.45) is 5.92 Å². The fourth-order valence-electron chi connectivity index (χ4n) is 2.63. The lowest BCUT2D eigenvalue weighted by molar-refractivity contribution is 0.277. The summed E-state index contributed by atoms with van der Waals surface area (Å²) in [5, 5.41) is 4.47. The van der Waals surface area contributed by atoms with E-state index in [-0.39, 0.29) is 5.54 Å². The number of para-hydroxylation sites is 1. The number of piperazine rings is 1. The highest BCUT2D eigenvalue weighted by atomic mass is 35.5. The molecule has 0 spiro atoms. The molecule has 2 nitrogen and oxygen atoms in total. The van der Waals surface area contributed by atoms with Gasteiger partial charge in [-0.15, -0.1) is 0 Å². The molecule has 1 aromatic rings. The molecule has 0 amide bonds. The Hall–Kier alpha value is -0.730. The fraction of sp³-hybridized carbons (Fsp3) is 0.600. The molecule has 1 saturated heterocycles. The van der Waals surface area contributed by atoms with Gasteiger partial charge >= 0.3 is 0 Å². The van der Waals surface area contributed by atoms with Crippen LogP contribution in [0.15, 0.2) is 24.3 Å². The number of anilines is 1. The number of hydrogen-bond donors (Lipinski definition) is 1. The largest absolute Gasteiger partial charge is 0.364 e. The van der Waals surface area contributed by atoms with Crippen LogP contribution in [0.5, 0.6) is 0 Å². The first-order valence-electron chi connectivity index (χ1n) is 6.67. The van der Waals surface area contributed by atoms with Crippen molar-refractivity contribution in [2.45, 2.75) is 39.3 Å². The Balaban J connectivity index is 2.33. The zero-order valence-electron chi connectivity index (χ0n) is 11.7. The van der Waals surface area contributed by atoms with Crippen LogP contribution in [0.4, 0.5) is 5.69 Å². The predicted molar refractivity (Wildman–Crippen MR) is 79.5 cm³/mol. The van der Waals surface area contributed by atoms with Crippen molar-refractivity contribution in [3.05, 3.63) is 29.3 Å². The molecule has 100 valence electrons. The molecule has 0 aromatic heterocycles. The van der Waals surface area contributed by atoms with Crippen LogP contribution in [0.2, 0.25) is 5.02 Å². The topological polar surface area (TPSA) is 15.3 Å². The lowest BCUT2D eigenvalue weighted by Crippen LogP contribution is -2.63. The van der Waals surface area contributed by atoms with Gasteiger partial charge in [0.1, 0.15) is 0 Å². The van der Waals surface area contributed by atoms with Gasteiger partial charge in [0, 0.05) is 24.7 Å². The van der Waals surface area contributed by atoms with Gasteiger partial charge in [-0.05, 0) is 31.9 Å². The summed E-state index contributed by atoms with van der Waals surface area (Å²) in [5.74, 6) is 0.602. The molecule has 1 heterocycles. The molecule has 1 atom stereocenters. The fourth-order valence-corrected chi connectivity index (χ4v) is 2.88. The number of nitrogens with one attached hydrogen (secondary N) is 1. The maximum atomic E-state index is 6.36. The molecule has 1 N–H and O–H groups in total. The van der Waals surface area contributed by atoms with Crippen molar-refractivity contribution in [3.63, 3.8) is 0 Å². The predicted octanol–water partition coefficient (Wildman–Crippen LogP) is 3.55. The molecule has 1 fully saturated rings. The quantitative estimate of drug-likeness (QED) is 0.881. The minimum atomic E-state index is 0.130. The van der Waals surface area contributed by atoms with Crippen LogP contribution in [-0.4, -0.2) is 24.7 Å². The SMILES string of the molecule is CC(C)C1CNC(C)(C)CN1c1ccccc1Cl. The third-order valence-corrected chi connectivity index (χ3v) is 4.01. The Morgan fingerprint density at radius 2 is 2.00 bits per heavy atom. The summed E-state index contributed by atoms with van der Waals surface area (Å²) in [6.45, 7) is 11.0. The average Bonchev–Trinajstić information content (AvgIpc) is 2.27. The van der Waals surface area contributed by atoms with E-state index >= 15 is 0 Å². The highest BCUT2D eigenvalue weighted by Gasteiger charge is 2.34. The molecular formula is C15H23ClN2. The van der Waals surface area contributed by atoms with Gasteiger partial charge in [-0.3, -0.25) is 0 Å². The molecule has 1 aliphatic rings. The van der Waals surface area contributed by atoms with Gasteiger partial charge in [0.05, 0.1) is 10.7 Å². The van der Waals surface area contributed by atoms with E-state index in [1.165, 1.54) is 0 Å². The normalized spacial score (nSPS) is 23.4. The summed E-state index contributed by atoms with van der Waals surface area (Å²) in [4.78, 5) is 2.46. The van der Waals surface area contributed by atoms with E-state index in [4.69, 9.17) is 11.6 Å². The van der Waals surface area contributed by atoms with E-state index in [1.807, 2.05) is 12.1 Å². The maximum Gasteiger partial charge on any atom is 0.0639 e. The molecule has 0 bridgehead atoms. The number of rotatable bonds is 2. The molecule has 18 heavy (non-hydrogen) atoms. The monoisotopic (exact) mass is 266 g/mol. The Labute approximate surface area is 115 Å². The Morgan fingerprint density at radius 1 is 1.33 bits per heavy atom. The van der Waals surface area contributed by atoms with Gasteiger partial charge < -0.3 is 10.2 Å². The van der Waals surface area contributed by atoms with Crippen LogP contribution in [0.25, 0.3) is 0 Å². The molecule has 0 radical (unpaired) electrons. The molecule has 1 unspecified atom stereocenters. The van der Waals surface area contributed by atoms with Gasteiger partial charge in [-0.25, -0.2) is 0 Å². The van der Waals surface area contributed by atoms with Crippen molar-refractivity contribution in [2.75, 3.05) is 18.0 Å². The van der Waals surface area contributed by atoms with E-state index in [2.05, 4.69) is 50.0 Å². The summed E-state index contributed by atoms with van der Waals surface area (Å²) in [7, 11) is 0. The highest BCUT2D eigenvalue weighted by Crippen LogP contribution is 2.32. The lowest BCUT2D eigenvalue weighted by atomic mass is 9.92. The van der Waals surface area contributed by atoms with Gasteiger partial charge in [0.25, 0.3) is 0 Å². The van der Waals surface area contributed by atoms with Crippen LogP contribution >= 0.6 is 11.6 Å². The van der Waals surface area contributed by atoms with Crippen molar-refractivity contribution in [1.82, 2.24) is 5.32 Å². The summed E-state index contributed by atoms with van der Waals surface area (Å²) >= 11 is 6.36. The van der Waals surface area contributed by atoms with Gasteiger partial charge in [0.2, 0.25) is 0 Å². The van der Waals surface area contributed by atoms with Crippen molar-refractivity contribution in [3.8, 4) is 0 Å². The summed E-state index contributed by atoms with van der Waals surface area (Å²) < 4.78 is 0. The first-order valence-corrected chi connectivity index (χ1v) is 7.05. The first kappa shape index (κ1) is 13.7. The Kier molecular flexibility index (Phi) is 3.88. The molecule has 0 aliphatic carbocycles. The van der Waals surface area contributed by atoms with E-state index in [0.717, 1.165) is 23.8 Å². The second-order valence-corrected chi connectivity index (χ2v) is 6.56. The van der Waals surface area contributed by atoms with Crippen molar-refractivity contribution >= 4 is 17.3 Å². The third-order valence-electron chi connectivity index (χ3n) is 3.69. The second-order valence-electron chi connectivity index (χ2n) is 6.16. The number of hydrogen-bond acceptors (Lipinski definition) is 2. The van der Waals surface area contributed by atoms with Crippen LogP contribution in [-0.2, 0) is 0 Å². The third kappa shape index (κ3) is 2.81. The van der Waals surface area contributed by atoms with Gasteiger partial charge in [-0.1, -0.05) is 37.6 Å². The van der Waals surface area contributed by atoms with E-state index < -0.39 is 0 Å². The Bertz CT molecular complexity index is 415. The number of nitrogens with zero attached hydrogens (tertiary/aromatic N) is 1. The molecule has 3 heteroatoms. The van der Waals surface area contributed by atoms with Crippen LogP contribution < -0.4 is 10.2 Å². The molecule has 1 aromatic carbocycles. The standard InChI is InChI=1S/C15H23ClN2/c1-11(2)14-9-17-15(3,4)10-18(14)13-8-6-5-7-12(13)16/h5-8,11,14,17H,9-10H2,1-4H3. The Morgan fingerprint density at radius 3 is 2.61 bits per heavy atom. The average molecular weight is 267 g/mol. The minimum Gasteiger partial charge on any atom is -0.364 e. The summed E-state index contributed by atoms with van der Waals surface area (Å²) in [5.41, 5.74) is 1.29. The summed E-state index contributed by atoms with van der Waals surface area (Å²) in [6.07, 6.45) is 0. The first-order chi connectivity index (χ1) is 8.41. The zero-order chi connectivity index (χ0) is 13.3. The van der Waals surface area contributed by atoms with Crippen LogP contribution in [0, 0.1) is 5.92 Å². The zero-order valence-corrected chi connectivity index (χ0v) is 12.5. The molecule has 1 aliphatic heterocycles. The van der Waals surface area contributed by atoms with E-state index in [0.29, 0.717) is 12.0 Å². The summed E-state index contributed by atoms with van der Waals surface area (Å²) in [6, 6.07) is 8.65. The minimum absolute atomic E-state index is 0.130. The number of halogens is 1. The molecular weight excluding hydrogens is 244 g/mol. The van der Waals surface area contributed by atoms with Gasteiger partial charge in [-0.2, -0.15) is 0 Å². The van der Waals surface area contributed by atoms with Crippen molar-refractivity contribution < 1.29 is 0 Å². The maximum absolute atomic E-state index is 6.36. The molecule has 0 saturated carbocycles.